The zero-order chi connectivity index (χ0) is 3.58. The summed E-state index contributed by atoms with van der Waals surface area (Å²) in [7, 11) is -3.63. The van der Waals surface area contributed by atoms with Gasteiger partial charge in [-0.2, -0.15) is 0 Å². The third-order valence-electron chi connectivity index (χ3n) is 0. The summed E-state index contributed by atoms with van der Waals surface area (Å²) in [6, 6.07) is 0. The van der Waals surface area contributed by atoms with E-state index in [0.717, 1.165) is 0 Å². The molecule has 0 aliphatic carbocycles. The number of hydrogen-bond acceptors (Lipinski definition) is 3. The Hall–Kier alpha value is 0.200. The van der Waals surface area contributed by atoms with E-state index < -0.39 is 9.17 Å². The second-order valence-electron chi connectivity index (χ2n) is 0.250. The monoisotopic (exact) mass is 158 g/mol. The Morgan fingerprint density at radius 1 is 1.33 bits per heavy atom. The van der Waals surface area contributed by atoms with Crippen molar-refractivity contribution in [3.63, 3.8) is 0 Å². The van der Waals surface area contributed by atoms with Gasteiger partial charge in [-0.15, -0.1) is 0 Å². The van der Waals surface area contributed by atoms with Gasteiger partial charge in [0.05, 0.1) is 0 Å². The summed E-state index contributed by atoms with van der Waals surface area (Å²) in [5.74, 6) is 0. The Bertz CT molecular complexity index is 30.5. The van der Waals surface area contributed by atoms with Crippen LogP contribution in [-0.2, 0) is 23.9 Å². The van der Waals surface area contributed by atoms with Crippen LogP contribution in [0.4, 0.5) is 0 Å². The molecule has 0 saturated heterocycles. The quantitative estimate of drug-likeness (QED) is 0.340. The van der Waals surface area contributed by atoms with Gasteiger partial charge in [0.1, 0.15) is 0 Å². The van der Waals surface area contributed by atoms with Crippen molar-refractivity contribution in [3.05, 3.63) is 0 Å². The molecule has 2 N–H and O–H groups in total. The molecule has 0 heterocycles. The first-order valence-electron chi connectivity index (χ1n) is 0.612. The molecule has 0 spiro atoms. The number of hydrogen-bond donors (Lipinski definition) is 0. The summed E-state index contributed by atoms with van der Waals surface area (Å²) in [6.45, 7) is 0. The summed E-state index contributed by atoms with van der Waals surface area (Å²) in [5, 5.41) is 0. The van der Waals surface area contributed by atoms with E-state index in [1.54, 1.807) is 0 Å². The van der Waals surface area contributed by atoms with Gasteiger partial charge in [-0.05, 0) is 0 Å². The zero-order valence-corrected chi connectivity index (χ0v) is 6.90. The Morgan fingerprint density at radius 2 is 1.33 bits per heavy atom. The van der Waals surface area contributed by atoms with E-state index in [1.165, 1.54) is 0 Å². The van der Waals surface area contributed by atoms with E-state index in [1.807, 2.05) is 0 Å². The molecule has 0 rings (SSSR count). The Balaban J connectivity index is -0.0000000450. The van der Waals surface area contributed by atoms with Crippen LogP contribution in [0.15, 0.2) is 0 Å². The van der Waals surface area contributed by atoms with Gasteiger partial charge in [-0.25, -0.2) is 0 Å². The van der Waals surface area contributed by atoms with Crippen molar-refractivity contribution in [1.29, 1.82) is 0 Å². The van der Waals surface area contributed by atoms with Gasteiger partial charge in [0.2, 0.25) is 0 Å². The van der Waals surface area contributed by atoms with Gasteiger partial charge >= 0.3 is 19.5 Å². The molecule has 4 nitrogen and oxygen atoms in total. The molecule has 0 aromatic heterocycles. The van der Waals surface area contributed by atoms with Crippen LogP contribution in [0.1, 0.15) is 0 Å². The first-order chi connectivity index (χ1) is 1.73. The van der Waals surface area contributed by atoms with Crippen molar-refractivity contribution in [3.8, 4) is 0 Å². The molecule has 0 radical (unpaired) electrons. The average Bonchev–Trinajstić information content (AvgIpc) is 0.811. The smallest absolute Gasteiger partial charge is 0.672 e. The van der Waals surface area contributed by atoms with E-state index in [4.69, 9.17) is 14.1 Å². The molecule has 0 saturated carbocycles. The molecule has 0 bridgehead atoms. The molecule has 0 unspecified atom stereocenters. The summed E-state index contributed by atoms with van der Waals surface area (Å²) >= 11 is 0. The molecule has 0 aromatic rings. The minimum atomic E-state index is -3.63. The van der Waals surface area contributed by atoms with E-state index in [0.29, 0.717) is 0 Å². The molecule has 0 atom stereocenters. The summed E-state index contributed by atoms with van der Waals surface area (Å²) in [6.07, 6.45) is 0. The Morgan fingerprint density at radius 3 is 1.33 bits per heavy atom. The maximum Gasteiger partial charge on any atom is 2.00 e. The van der Waals surface area contributed by atoms with Crippen LogP contribution in [0.5, 0.6) is 0 Å². The average molecular weight is 159 g/mol. The van der Waals surface area contributed by atoms with Gasteiger partial charge < -0.3 is 19.5 Å². The summed E-state index contributed by atoms with van der Waals surface area (Å²) in [5.41, 5.74) is 0. The first-order valence-corrected chi connectivity index (χ1v) is 1.84. The predicted molar refractivity (Wildman–Crippen MR) is 10.1 cm³/mol. The van der Waals surface area contributed by atoms with Crippen molar-refractivity contribution in [2.75, 3.05) is 0 Å². The fraction of sp³-hybridized carbons (Fsp3) is 0. The zero-order valence-electron chi connectivity index (χ0n) is 2.93. The molecule has 6 heteroatoms. The van der Waals surface area contributed by atoms with Crippen LogP contribution in [-0.4, -0.2) is 14.6 Å². The first kappa shape index (κ1) is 16.4. The largest absolute Gasteiger partial charge is 2.00 e. The second-order valence-corrected chi connectivity index (χ2v) is 0.750. The van der Waals surface area contributed by atoms with Crippen molar-refractivity contribution in [2.24, 2.45) is 0 Å². The van der Waals surface area contributed by atoms with Crippen LogP contribution in [0.3, 0.4) is 0 Å². The minimum Gasteiger partial charge on any atom is -0.672 e. The standard InChI is InChI=1S/O3Si.H2O.Zn/c1-4(2)3;;/h;1H2;/q-2;;+2. The molecule has 0 aromatic carbocycles. The molecule has 0 aliphatic heterocycles. The third kappa shape index (κ3) is 1070. The molecule has 0 fully saturated rings. The van der Waals surface area contributed by atoms with Gasteiger partial charge in [0.15, 0.2) is 0 Å². The van der Waals surface area contributed by atoms with Crippen LogP contribution in [0.2, 0.25) is 0 Å². The molecular weight excluding hydrogens is 157 g/mol. The van der Waals surface area contributed by atoms with Crippen LogP contribution >= 0.6 is 0 Å². The molecule has 0 aliphatic rings. The molecule has 0 amide bonds. The van der Waals surface area contributed by atoms with Crippen molar-refractivity contribution in [1.82, 2.24) is 0 Å². The van der Waals surface area contributed by atoms with Crippen molar-refractivity contribution in [2.45, 2.75) is 0 Å². The van der Waals surface area contributed by atoms with E-state index in [2.05, 4.69) is 0 Å². The van der Waals surface area contributed by atoms with Gasteiger partial charge in [-0.3, -0.25) is 0 Å². The van der Waals surface area contributed by atoms with Gasteiger partial charge in [0, 0.05) is 9.17 Å². The molecular formula is H2O4SiZn. The van der Waals surface area contributed by atoms with E-state index in [-0.39, 0.29) is 25.0 Å². The van der Waals surface area contributed by atoms with E-state index >= 15 is 0 Å². The van der Waals surface area contributed by atoms with Gasteiger partial charge in [0.25, 0.3) is 0 Å². The number of rotatable bonds is 0. The topological polar surface area (TPSA) is 94.7 Å². The SMILES string of the molecule is O.O=[Si]([O-])[O-].[Zn+2]. The van der Waals surface area contributed by atoms with Crippen LogP contribution in [0.25, 0.3) is 0 Å². The maximum atomic E-state index is 8.52. The second kappa shape index (κ2) is 8.96. The fourth-order valence-corrected chi connectivity index (χ4v) is 0. The Kier molecular flexibility index (Phi) is 24.4. The third-order valence-corrected chi connectivity index (χ3v) is 0. The van der Waals surface area contributed by atoms with E-state index in [9.17, 15) is 0 Å². The van der Waals surface area contributed by atoms with Crippen molar-refractivity contribution >= 4 is 9.17 Å². The predicted octanol–water partition coefficient (Wildman–Crippen LogP) is -3.70. The maximum absolute atomic E-state index is 8.52. The summed E-state index contributed by atoms with van der Waals surface area (Å²) < 4.78 is 8.52. The normalized spacial score (nSPS) is 4.00. The summed E-state index contributed by atoms with van der Waals surface area (Å²) in [4.78, 5) is 17.0. The minimum absolute atomic E-state index is 0. The van der Waals surface area contributed by atoms with Crippen LogP contribution < -0.4 is 9.59 Å². The van der Waals surface area contributed by atoms with Gasteiger partial charge in [-0.1, -0.05) is 0 Å². The molecule has 6 heavy (non-hydrogen) atoms. The van der Waals surface area contributed by atoms with Crippen LogP contribution in [0, 0.1) is 0 Å². The van der Waals surface area contributed by atoms with Crippen molar-refractivity contribution < 1.29 is 39.0 Å². The fourth-order valence-electron chi connectivity index (χ4n) is 0. The Labute approximate surface area is 48.8 Å². The molecule has 32 valence electrons.